The topological polar surface area (TPSA) is 122 Å². The van der Waals surface area contributed by atoms with Crippen LogP contribution in [-0.2, 0) is 30.5 Å². The zero-order valence-corrected chi connectivity index (χ0v) is 20.7. The van der Waals surface area contributed by atoms with Gasteiger partial charge in [-0.15, -0.1) is 0 Å². The fraction of sp³-hybridized carbons (Fsp3) is 0.542. The molecule has 1 fully saturated rings. The maximum absolute atomic E-state index is 13.3. The predicted molar refractivity (Wildman–Crippen MR) is 122 cm³/mol. The number of benzene rings is 1. The van der Waals surface area contributed by atoms with Crippen molar-refractivity contribution in [2.75, 3.05) is 7.05 Å². The second kappa shape index (κ2) is 10.7. The third-order valence-corrected chi connectivity index (χ3v) is 5.29. The van der Waals surface area contributed by atoms with Crippen molar-refractivity contribution in [2.45, 2.75) is 59.8 Å². The van der Waals surface area contributed by atoms with Gasteiger partial charge in [-0.25, -0.2) is 14.6 Å². The second-order valence-electron chi connectivity index (χ2n) is 9.59. The maximum atomic E-state index is 13.3. The zero-order valence-electron chi connectivity index (χ0n) is 20.7. The summed E-state index contributed by atoms with van der Waals surface area (Å²) in [6.07, 6.45) is -1.72. The number of carbonyl (C=O) groups is 5. The van der Waals surface area contributed by atoms with Gasteiger partial charge in [0.25, 0.3) is 11.8 Å². The van der Waals surface area contributed by atoms with E-state index in [1.54, 1.807) is 58.9 Å². The number of imide groups is 1. The highest BCUT2D eigenvalue weighted by molar-refractivity contribution is 6.16. The largest absolute Gasteiger partial charge is 0.444 e. The highest BCUT2D eigenvalue weighted by atomic mass is 16.6. The summed E-state index contributed by atoms with van der Waals surface area (Å²) in [6, 6.07) is 7.86. The first kappa shape index (κ1) is 26.8. The molecule has 34 heavy (non-hydrogen) atoms. The Labute approximate surface area is 199 Å². The molecule has 3 atom stereocenters. The van der Waals surface area contributed by atoms with Gasteiger partial charge in [-0.1, -0.05) is 51.1 Å². The summed E-state index contributed by atoms with van der Waals surface area (Å²) in [5.41, 5.74) is -0.0430. The van der Waals surface area contributed by atoms with E-state index in [2.05, 4.69) is 5.32 Å². The summed E-state index contributed by atoms with van der Waals surface area (Å²) in [6.45, 7) is 9.86. The highest BCUT2D eigenvalue weighted by Crippen LogP contribution is 2.30. The molecular weight excluding hydrogens is 442 g/mol. The van der Waals surface area contributed by atoms with E-state index >= 15 is 0 Å². The van der Waals surface area contributed by atoms with E-state index in [9.17, 15) is 24.0 Å². The molecule has 0 bridgehead atoms. The molecule has 0 aliphatic carbocycles. The van der Waals surface area contributed by atoms with Crippen LogP contribution in [0.4, 0.5) is 9.59 Å². The molecule has 10 nitrogen and oxygen atoms in total. The first-order valence-electron chi connectivity index (χ1n) is 11.1. The normalized spacial score (nSPS) is 19.1. The molecule has 10 heteroatoms. The minimum atomic E-state index is -1.36. The number of hydrogen-bond acceptors (Lipinski definition) is 7. The number of Topliss-reactive ketones (excluding diaryl/α,β-unsaturated/α-hetero) is 1. The minimum absolute atomic E-state index is 0.0482. The van der Waals surface area contributed by atoms with Crippen LogP contribution in [0.5, 0.6) is 0 Å². The van der Waals surface area contributed by atoms with E-state index in [-0.39, 0.29) is 12.5 Å². The van der Waals surface area contributed by atoms with Crippen LogP contribution in [0.3, 0.4) is 0 Å². The molecule has 186 valence electrons. The predicted octanol–water partition coefficient (Wildman–Crippen LogP) is 2.91. The van der Waals surface area contributed by atoms with Gasteiger partial charge in [0.1, 0.15) is 18.1 Å². The van der Waals surface area contributed by atoms with Crippen LogP contribution in [0.15, 0.2) is 30.3 Å². The lowest BCUT2D eigenvalue weighted by atomic mass is 9.85. The molecule has 1 aromatic carbocycles. The van der Waals surface area contributed by atoms with Gasteiger partial charge >= 0.3 is 12.2 Å². The van der Waals surface area contributed by atoms with E-state index < -0.39 is 53.3 Å². The summed E-state index contributed by atoms with van der Waals surface area (Å²) in [5.74, 6) is -4.94. The molecule has 1 heterocycles. The monoisotopic (exact) mass is 475 g/mol. The first-order chi connectivity index (χ1) is 15.7. The van der Waals surface area contributed by atoms with Crippen LogP contribution in [0.2, 0.25) is 0 Å². The Kier molecular flexibility index (Phi) is 8.41. The van der Waals surface area contributed by atoms with Gasteiger partial charge in [-0.3, -0.25) is 14.4 Å². The van der Waals surface area contributed by atoms with E-state index in [0.29, 0.717) is 5.01 Å². The molecule has 0 saturated carbocycles. The third-order valence-electron chi connectivity index (χ3n) is 5.29. The van der Waals surface area contributed by atoms with Gasteiger partial charge in [-0.2, -0.15) is 5.01 Å². The molecule has 1 aliphatic rings. The Morgan fingerprint density at radius 1 is 1.09 bits per heavy atom. The number of hydrazine groups is 1. The van der Waals surface area contributed by atoms with Gasteiger partial charge in [0.05, 0.1) is 12.0 Å². The molecule has 1 aromatic rings. The molecule has 0 radical (unpaired) electrons. The Hall–Kier alpha value is -3.43. The summed E-state index contributed by atoms with van der Waals surface area (Å²) >= 11 is 0. The first-order valence-corrected chi connectivity index (χ1v) is 11.1. The van der Waals surface area contributed by atoms with E-state index in [1.165, 1.54) is 14.0 Å². The smallest absolute Gasteiger partial charge is 0.429 e. The molecule has 1 N–H and O–H groups in total. The van der Waals surface area contributed by atoms with Crippen LogP contribution >= 0.6 is 0 Å². The molecule has 1 aliphatic heterocycles. The number of alkyl carbamates (subject to hydrolysis) is 1. The van der Waals surface area contributed by atoms with Crippen molar-refractivity contribution in [1.82, 2.24) is 15.3 Å². The van der Waals surface area contributed by atoms with Crippen molar-refractivity contribution in [3.63, 3.8) is 0 Å². The molecular formula is C24H33N3O7. The lowest BCUT2D eigenvalue weighted by Crippen LogP contribution is -2.51. The number of hydrogen-bond donors (Lipinski definition) is 1. The second-order valence-corrected chi connectivity index (χ2v) is 9.59. The molecule has 4 amide bonds. The molecule has 1 saturated heterocycles. The third kappa shape index (κ3) is 6.33. The molecule has 0 aromatic heterocycles. The van der Waals surface area contributed by atoms with Crippen molar-refractivity contribution in [3.8, 4) is 0 Å². The van der Waals surface area contributed by atoms with Crippen molar-refractivity contribution < 1.29 is 33.4 Å². The van der Waals surface area contributed by atoms with E-state index in [1.807, 2.05) is 6.07 Å². The van der Waals surface area contributed by atoms with Crippen LogP contribution in [0.25, 0.3) is 0 Å². The van der Waals surface area contributed by atoms with Crippen molar-refractivity contribution in [2.24, 2.45) is 17.8 Å². The Balaban J connectivity index is 2.15. The van der Waals surface area contributed by atoms with Gasteiger partial charge in [-0.05, 0) is 32.3 Å². The number of rotatable bonds is 7. The van der Waals surface area contributed by atoms with Gasteiger partial charge in [0.2, 0.25) is 0 Å². The summed E-state index contributed by atoms with van der Waals surface area (Å²) in [5, 5.41) is 3.91. The number of nitrogens with one attached hydrogen (secondary N) is 1. The van der Waals surface area contributed by atoms with Crippen molar-refractivity contribution >= 4 is 29.8 Å². The zero-order chi connectivity index (χ0) is 25.8. The van der Waals surface area contributed by atoms with Crippen LogP contribution in [-0.4, -0.2) is 58.5 Å². The van der Waals surface area contributed by atoms with Gasteiger partial charge in [0.15, 0.2) is 5.78 Å². The number of carbonyl (C=O) groups excluding carboxylic acids is 5. The average molecular weight is 476 g/mol. The minimum Gasteiger partial charge on any atom is -0.444 e. The summed E-state index contributed by atoms with van der Waals surface area (Å²) < 4.78 is 10.4. The number of ether oxygens (including phenoxy) is 2. The fourth-order valence-electron chi connectivity index (χ4n) is 3.54. The van der Waals surface area contributed by atoms with E-state index in [0.717, 1.165) is 10.6 Å². The standard InChI is InChI=1S/C24H33N3O7/c1-14(2)18(25-22(31)34-24(4,5)6)19(28)17-15(3)20(29)27(21(17)30)26(7)23(32)33-13-16-11-9-8-10-12-16/h8-12,14-15,17-18H,13H2,1-7H3,(H,25,31)/t15-,17+,18-/m0/s1. The molecule has 0 unspecified atom stereocenters. The Morgan fingerprint density at radius 3 is 2.21 bits per heavy atom. The fourth-order valence-corrected chi connectivity index (χ4v) is 3.54. The lowest BCUT2D eigenvalue weighted by Gasteiger charge is -2.27. The van der Waals surface area contributed by atoms with Gasteiger partial charge < -0.3 is 14.8 Å². The molecule has 0 spiro atoms. The highest BCUT2D eigenvalue weighted by Gasteiger charge is 2.53. The Morgan fingerprint density at radius 2 is 1.68 bits per heavy atom. The van der Waals surface area contributed by atoms with Crippen LogP contribution < -0.4 is 5.32 Å². The number of nitrogens with zero attached hydrogens (tertiary/aromatic N) is 2. The average Bonchev–Trinajstić information content (AvgIpc) is 2.96. The Bertz CT molecular complexity index is 940. The van der Waals surface area contributed by atoms with Gasteiger partial charge in [0, 0.05) is 7.05 Å². The van der Waals surface area contributed by atoms with Crippen LogP contribution in [0, 0.1) is 17.8 Å². The van der Waals surface area contributed by atoms with Crippen molar-refractivity contribution in [1.29, 1.82) is 0 Å². The number of ketones is 1. The summed E-state index contributed by atoms with van der Waals surface area (Å²) in [4.78, 5) is 64.0. The quantitative estimate of drug-likeness (QED) is 0.475. The van der Waals surface area contributed by atoms with Crippen molar-refractivity contribution in [3.05, 3.63) is 35.9 Å². The number of amides is 4. The lowest BCUT2D eigenvalue weighted by molar-refractivity contribution is -0.154. The van der Waals surface area contributed by atoms with Crippen LogP contribution in [0.1, 0.15) is 47.1 Å². The molecule has 2 rings (SSSR count). The summed E-state index contributed by atoms with van der Waals surface area (Å²) in [7, 11) is 1.22. The van der Waals surface area contributed by atoms with E-state index in [4.69, 9.17) is 9.47 Å². The SMILES string of the molecule is CC(C)[C@H](NC(=O)OC(C)(C)C)C(=O)[C@@H]1C(=O)N(N(C)C(=O)OCc2ccccc2)C(=O)[C@H]1C. The maximum Gasteiger partial charge on any atom is 0.429 e.